The van der Waals surface area contributed by atoms with Crippen LogP contribution >= 0.6 is 11.3 Å². The number of carbonyl (C=O) groups is 1. The summed E-state index contributed by atoms with van der Waals surface area (Å²) in [5.41, 5.74) is 0.486. The maximum atomic E-state index is 10.8. The Kier molecular flexibility index (Phi) is 2.45. The minimum Gasteiger partial charge on any atom is -0.476 e. The molecule has 0 saturated heterocycles. The van der Waals surface area contributed by atoms with E-state index >= 15 is 0 Å². The van der Waals surface area contributed by atoms with Gasteiger partial charge in [0.1, 0.15) is 0 Å². The highest BCUT2D eigenvalue weighted by atomic mass is 32.1. The summed E-state index contributed by atoms with van der Waals surface area (Å²) in [5.74, 6) is -0.424. The number of rotatable bonds is 3. The zero-order chi connectivity index (χ0) is 12.5. The van der Waals surface area contributed by atoms with E-state index in [9.17, 15) is 4.79 Å². The van der Waals surface area contributed by atoms with Crippen molar-refractivity contribution in [2.45, 2.75) is 0 Å². The van der Waals surface area contributed by atoms with Crippen LogP contribution in [0.25, 0.3) is 5.65 Å². The SMILES string of the molecule is O=C(O)c1cn2nc(Nc3cccs3)ccc2n1. The molecular formula is C11H8N4O2S. The van der Waals surface area contributed by atoms with Gasteiger partial charge in [0.05, 0.1) is 11.2 Å². The molecule has 0 aliphatic heterocycles. The molecule has 0 aromatic carbocycles. The maximum absolute atomic E-state index is 10.8. The molecule has 18 heavy (non-hydrogen) atoms. The third-order valence-electron chi connectivity index (χ3n) is 2.31. The summed E-state index contributed by atoms with van der Waals surface area (Å²) >= 11 is 1.56. The van der Waals surface area contributed by atoms with Gasteiger partial charge in [-0.25, -0.2) is 14.3 Å². The van der Waals surface area contributed by atoms with E-state index in [0.717, 1.165) is 5.00 Å². The van der Waals surface area contributed by atoms with Gasteiger partial charge in [0, 0.05) is 0 Å². The number of aromatic carboxylic acids is 1. The van der Waals surface area contributed by atoms with Crippen LogP contribution in [-0.2, 0) is 0 Å². The van der Waals surface area contributed by atoms with Gasteiger partial charge in [-0.2, -0.15) is 0 Å². The quantitative estimate of drug-likeness (QED) is 0.755. The third kappa shape index (κ3) is 1.91. The van der Waals surface area contributed by atoms with Gasteiger partial charge in [-0.05, 0) is 29.6 Å². The lowest BCUT2D eigenvalue weighted by molar-refractivity contribution is 0.0691. The van der Waals surface area contributed by atoms with E-state index in [-0.39, 0.29) is 5.69 Å². The lowest BCUT2D eigenvalue weighted by Gasteiger charge is -2.01. The fourth-order valence-corrected chi connectivity index (χ4v) is 2.15. The Bertz CT molecular complexity index is 705. The van der Waals surface area contributed by atoms with Crippen molar-refractivity contribution in [3.05, 3.63) is 41.5 Å². The van der Waals surface area contributed by atoms with Crippen molar-refractivity contribution in [3.63, 3.8) is 0 Å². The maximum Gasteiger partial charge on any atom is 0.356 e. The number of carboxylic acid groups (broad SMARTS) is 1. The molecule has 0 bridgehead atoms. The fourth-order valence-electron chi connectivity index (χ4n) is 1.53. The summed E-state index contributed by atoms with van der Waals surface area (Å²) in [6.07, 6.45) is 1.39. The topological polar surface area (TPSA) is 79.5 Å². The van der Waals surface area contributed by atoms with E-state index in [4.69, 9.17) is 5.11 Å². The number of aromatic nitrogens is 3. The van der Waals surface area contributed by atoms with Crippen molar-refractivity contribution in [2.24, 2.45) is 0 Å². The molecule has 0 spiro atoms. The number of nitrogens with one attached hydrogen (secondary N) is 1. The Morgan fingerprint density at radius 1 is 1.39 bits per heavy atom. The summed E-state index contributed by atoms with van der Waals surface area (Å²) < 4.78 is 1.44. The number of imidazole rings is 1. The van der Waals surface area contributed by atoms with Crippen LogP contribution in [0.5, 0.6) is 0 Å². The molecule has 0 radical (unpaired) electrons. The molecule has 3 heterocycles. The predicted octanol–water partition coefficient (Wildman–Crippen LogP) is 2.23. The standard InChI is InChI=1S/C11H8N4O2S/c16-11(17)7-6-15-9(12-7)4-3-8(14-15)13-10-2-1-5-18-10/h1-6H,(H,13,14)(H,16,17). The molecule has 0 unspecified atom stereocenters. The fraction of sp³-hybridized carbons (Fsp3) is 0. The van der Waals surface area contributed by atoms with Crippen molar-refractivity contribution in [2.75, 3.05) is 5.32 Å². The molecule has 3 aromatic rings. The second-order valence-corrected chi connectivity index (χ2v) is 4.50. The molecule has 2 N–H and O–H groups in total. The molecule has 0 fully saturated rings. The summed E-state index contributed by atoms with van der Waals surface area (Å²) in [6.45, 7) is 0. The van der Waals surface area contributed by atoms with Gasteiger partial charge in [-0.1, -0.05) is 0 Å². The molecule has 90 valence electrons. The smallest absolute Gasteiger partial charge is 0.356 e. The predicted molar refractivity (Wildman–Crippen MR) is 67.5 cm³/mol. The van der Waals surface area contributed by atoms with E-state index in [0.29, 0.717) is 11.5 Å². The highest BCUT2D eigenvalue weighted by Gasteiger charge is 2.09. The van der Waals surface area contributed by atoms with Crippen LogP contribution in [0.4, 0.5) is 10.8 Å². The Labute approximate surface area is 106 Å². The minimum atomic E-state index is -1.06. The second-order valence-electron chi connectivity index (χ2n) is 3.55. The first-order valence-electron chi connectivity index (χ1n) is 5.12. The molecule has 0 atom stereocenters. The van der Waals surface area contributed by atoms with E-state index in [1.807, 2.05) is 17.5 Å². The van der Waals surface area contributed by atoms with Crippen molar-refractivity contribution in [3.8, 4) is 0 Å². The average Bonchev–Trinajstić information content (AvgIpc) is 2.96. The van der Waals surface area contributed by atoms with Gasteiger partial charge in [0.2, 0.25) is 0 Å². The van der Waals surface area contributed by atoms with E-state index < -0.39 is 5.97 Å². The van der Waals surface area contributed by atoms with Crippen LogP contribution in [0.1, 0.15) is 10.5 Å². The largest absolute Gasteiger partial charge is 0.476 e. The van der Waals surface area contributed by atoms with Crippen LogP contribution in [0.3, 0.4) is 0 Å². The van der Waals surface area contributed by atoms with Crippen LogP contribution in [0.15, 0.2) is 35.8 Å². The van der Waals surface area contributed by atoms with Gasteiger partial charge < -0.3 is 10.4 Å². The Morgan fingerprint density at radius 3 is 3.00 bits per heavy atom. The number of hydrogen-bond acceptors (Lipinski definition) is 5. The van der Waals surface area contributed by atoms with Crippen LogP contribution in [-0.4, -0.2) is 25.7 Å². The third-order valence-corrected chi connectivity index (χ3v) is 3.10. The summed E-state index contributed by atoms with van der Waals surface area (Å²) in [5, 5.41) is 19.1. The Morgan fingerprint density at radius 2 is 2.28 bits per heavy atom. The number of carboxylic acids is 1. The zero-order valence-electron chi connectivity index (χ0n) is 9.07. The number of fused-ring (bicyclic) bond motifs is 1. The molecule has 0 saturated carbocycles. The minimum absolute atomic E-state index is 0.0178. The van der Waals surface area contributed by atoms with Gasteiger partial charge in [-0.15, -0.1) is 16.4 Å². The molecular weight excluding hydrogens is 252 g/mol. The van der Waals surface area contributed by atoms with Crippen molar-refractivity contribution < 1.29 is 9.90 Å². The summed E-state index contributed by atoms with van der Waals surface area (Å²) in [7, 11) is 0. The van der Waals surface area contributed by atoms with Gasteiger partial charge in [0.25, 0.3) is 0 Å². The number of nitrogens with zero attached hydrogens (tertiary/aromatic N) is 3. The average molecular weight is 260 g/mol. The molecule has 3 aromatic heterocycles. The number of anilines is 2. The first-order chi connectivity index (χ1) is 8.72. The first kappa shape index (κ1) is 10.7. The summed E-state index contributed by atoms with van der Waals surface area (Å²) in [6, 6.07) is 7.35. The monoisotopic (exact) mass is 260 g/mol. The van der Waals surface area contributed by atoms with Crippen LogP contribution < -0.4 is 5.32 Å². The lowest BCUT2D eigenvalue weighted by Crippen LogP contribution is -1.97. The van der Waals surface area contributed by atoms with E-state index in [1.54, 1.807) is 23.5 Å². The molecule has 3 rings (SSSR count). The number of hydrogen-bond donors (Lipinski definition) is 2. The van der Waals surface area contributed by atoms with Crippen molar-refractivity contribution >= 4 is 33.8 Å². The zero-order valence-corrected chi connectivity index (χ0v) is 9.89. The van der Waals surface area contributed by atoms with Crippen molar-refractivity contribution in [1.82, 2.24) is 14.6 Å². The molecule has 0 aliphatic carbocycles. The number of thiophene rings is 1. The van der Waals surface area contributed by atoms with E-state index in [1.165, 1.54) is 10.7 Å². The highest BCUT2D eigenvalue weighted by molar-refractivity contribution is 7.14. The van der Waals surface area contributed by atoms with Gasteiger partial charge in [0.15, 0.2) is 17.2 Å². The molecule has 0 aliphatic rings. The second kappa shape index (κ2) is 4.11. The highest BCUT2D eigenvalue weighted by Crippen LogP contribution is 2.20. The molecule has 7 heteroatoms. The molecule has 0 amide bonds. The first-order valence-corrected chi connectivity index (χ1v) is 6.00. The van der Waals surface area contributed by atoms with Crippen LogP contribution in [0.2, 0.25) is 0 Å². The van der Waals surface area contributed by atoms with Crippen molar-refractivity contribution in [1.29, 1.82) is 0 Å². The van der Waals surface area contributed by atoms with E-state index in [2.05, 4.69) is 15.4 Å². The van der Waals surface area contributed by atoms with Gasteiger partial charge >= 0.3 is 5.97 Å². The normalized spacial score (nSPS) is 10.7. The molecule has 6 nitrogen and oxygen atoms in total. The lowest BCUT2D eigenvalue weighted by atomic mass is 10.5. The van der Waals surface area contributed by atoms with Crippen LogP contribution in [0, 0.1) is 0 Å². The Balaban J connectivity index is 1.97. The van der Waals surface area contributed by atoms with Gasteiger partial charge in [-0.3, -0.25) is 0 Å². The Hall–Kier alpha value is -2.41. The summed E-state index contributed by atoms with van der Waals surface area (Å²) in [4.78, 5) is 14.7.